The third-order valence-corrected chi connectivity index (χ3v) is 4.69. The maximum Gasteiger partial charge on any atom is 0.0366 e. The van der Waals surface area contributed by atoms with E-state index in [-0.39, 0.29) is 0 Å². The predicted molar refractivity (Wildman–Crippen MR) is 86.6 cm³/mol. The minimum absolute atomic E-state index is 0.492. The molecule has 0 radical (unpaired) electrons. The number of benzene rings is 2. The summed E-state index contributed by atoms with van der Waals surface area (Å²) in [5, 5.41) is 6.10. The summed E-state index contributed by atoms with van der Waals surface area (Å²) < 4.78 is 0. The summed E-state index contributed by atoms with van der Waals surface area (Å²) in [6.45, 7) is 4.36. The Labute approximate surface area is 121 Å². The van der Waals surface area contributed by atoms with Crippen molar-refractivity contribution in [2.45, 2.75) is 39.2 Å². The van der Waals surface area contributed by atoms with Gasteiger partial charge in [0.25, 0.3) is 0 Å². The Hall–Kier alpha value is -1.54. The van der Waals surface area contributed by atoms with Gasteiger partial charge in [0.2, 0.25) is 0 Å². The van der Waals surface area contributed by atoms with E-state index in [2.05, 4.69) is 48.6 Å². The second kappa shape index (κ2) is 5.45. The summed E-state index contributed by atoms with van der Waals surface area (Å²) in [6.07, 6.45) is 5.48. The van der Waals surface area contributed by atoms with E-state index in [1.165, 1.54) is 42.0 Å². The van der Waals surface area contributed by atoms with Gasteiger partial charge in [0.15, 0.2) is 0 Å². The zero-order chi connectivity index (χ0) is 14.0. The zero-order valence-electron chi connectivity index (χ0n) is 12.3. The van der Waals surface area contributed by atoms with Gasteiger partial charge in [-0.05, 0) is 46.7 Å². The fraction of sp³-hybridized carbons (Fsp3) is 0.444. The van der Waals surface area contributed by atoms with Crippen molar-refractivity contribution in [3.8, 4) is 0 Å². The average molecular weight is 268 g/mol. The summed E-state index contributed by atoms with van der Waals surface area (Å²) in [6, 6.07) is 12.7. The number of nitrogen functional groups attached to an aromatic ring is 1. The van der Waals surface area contributed by atoms with Crippen LogP contribution in [0.15, 0.2) is 36.4 Å². The Morgan fingerprint density at radius 3 is 2.45 bits per heavy atom. The van der Waals surface area contributed by atoms with E-state index in [9.17, 15) is 0 Å². The van der Waals surface area contributed by atoms with E-state index in [4.69, 9.17) is 5.73 Å². The molecule has 1 aliphatic rings. The van der Waals surface area contributed by atoms with Gasteiger partial charge in [-0.25, -0.2) is 0 Å². The molecule has 0 spiro atoms. The molecule has 3 N–H and O–H groups in total. The topological polar surface area (TPSA) is 38.0 Å². The van der Waals surface area contributed by atoms with Gasteiger partial charge in [-0.1, -0.05) is 44.0 Å². The van der Waals surface area contributed by atoms with Gasteiger partial charge in [-0.15, -0.1) is 0 Å². The fourth-order valence-electron chi connectivity index (χ4n) is 3.36. The molecule has 2 aromatic rings. The Morgan fingerprint density at radius 2 is 1.75 bits per heavy atom. The molecule has 0 aliphatic heterocycles. The SMILES string of the molecule is CC1(CNCc2cc3ccccc3cc2N)CCCC1. The minimum Gasteiger partial charge on any atom is -0.398 e. The van der Waals surface area contributed by atoms with Gasteiger partial charge >= 0.3 is 0 Å². The summed E-state index contributed by atoms with van der Waals surface area (Å²) in [7, 11) is 0. The first-order chi connectivity index (χ1) is 9.66. The zero-order valence-corrected chi connectivity index (χ0v) is 12.3. The first kappa shape index (κ1) is 13.4. The standard InChI is InChI=1S/C18H24N2/c1-18(8-4-5-9-18)13-20-12-16-10-14-6-2-3-7-15(14)11-17(16)19/h2-3,6-7,10-11,20H,4-5,8-9,12-13,19H2,1H3. The highest BCUT2D eigenvalue weighted by atomic mass is 14.9. The van der Waals surface area contributed by atoms with E-state index in [0.29, 0.717) is 5.41 Å². The largest absolute Gasteiger partial charge is 0.398 e. The predicted octanol–water partition coefficient (Wildman–Crippen LogP) is 4.09. The van der Waals surface area contributed by atoms with Crippen LogP contribution in [0.5, 0.6) is 0 Å². The third kappa shape index (κ3) is 2.80. The molecule has 0 unspecified atom stereocenters. The lowest BCUT2D eigenvalue weighted by Crippen LogP contribution is -2.29. The van der Waals surface area contributed by atoms with Crippen LogP contribution in [0.1, 0.15) is 38.2 Å². The van der Waals surface area contributed by atoms with Crippen molar-refractivity contribution in [3.63, 3.8) is 0 Å². The van der Waals surface area contributed by atoms with E-state index in [0.717, 1.165) is 18.8 Å². The molecular formula is C18H24N2. The van der Waals surface area contributed by atoms with E-state index in [1.54, 1.807) is 0 Å². The van der Waals surface area contributed by atoms with Gasteiger partial charge in [0.05, 0.1) is 0 Å². The van der Waals surface area contributed by atoms with Crippen LogP contribution in [0.2, 0.25) is 0 Å². The van der Waals surface area contributed by atoms with Crippen LogP contribution in [0.4, 0.5) is 5.69 Å². The highest BCUT2D eigenvalue weighted by Gasteiger charge is 2.27. The number of fused-ring (bicyclic) bond motifs is 1. The van der Waals surface area contributed by atoms with E-state index < -0.39 is 0 Å². The van der Waals surface area contributed by atoms with Crippen molar-refractivity contribution < 1.29 is 0 Å². The number of nitrogens with one attached hydrogen (secondary N) is 1. The monoisotopic (exact) mass is 268 g/mol. The lowest BCUT2D eigenvalue weighted by molar-refractivity contribution is 0.315. The molecule has 0 atom stereocenters. The Bertz CT molecular complexity index is 597. The number of nitrogens with two attached hydrogens (primary N) is 1. The Balaban J connectivity index is 1.69. The molecule has 3 rings (SSSR count). The van der Waals surface area contributed by atoms with Crippen molar-refractivity contribution in [1.29, 1.82) is 0 Å². The van der Waals surface area contributed by atoms with Crippen molar-refractivity contribution in [2.75, 3.05) is 12.3 Å². The normalized spacial score (nSPS) is 17.6. The number of hydrogen-bond donors (Lipinski definition) is 2. The molecule has 1 saturated carbocycles. The van der Waals surface area contributed by atoms with Crippen LogP contribution in [0.25, 0.3) is 10.8 Å². The van der Waals surface area contributed by atoms with E-state index in [1.807, 2.05) is 0 Å². The quantitative estimate of drug-likeness (QED) is 0.820. The van der Waals surface area contributed by atoms with Crippen LogP contribution in [0.3, 0.4) is 0 Å². The molecule has 0 amide bonds. The van der Waals surface area contributed by atoms with Crippen molar-refractivity contribution in [2.24, 2.45) is 5.41 Å². The molecule has 1 aliphatic carbocycles. The van der Waals surface area contributed by atoms with Crippen LogP contribution >= 0.6 is 0 Å². The molecule has 0 aromatic heterocycles. The molecular weight excluding hydrogens is 244 g/mol. The van der Waals surface area contributed by atoms with Gasteiger partial charge < -0.3 is 11.1 Å². The maximum absolute atomic E-state index is 6.17. The maximum atomic E-state index is 6.17. The van der Waals surface area contributed by atoms with Crippen LogP contribution in [0, 0.1) is 5.41 Å². The molecule has 2 heteroatoms. The lowest BCUT2D eigenvalue weighted by atomic mass is 9.89. The van der Waals surface area contributed by atoms with E-state index >= 15 is 0 Å². The number of rotatable bonds is 4. The molecule has 20 heavy (non-hydrogen) atoms. The Morgan fingerprint density at radius 1 is 1.10 bits per heavy atom. The highest BCUT2D eigenvalue weighted by Crippen LogP contribution is 2.36. The molecule has 106 valence electrons. The smallest absolute Gasteiger partial charge is 0.0366 e. The van der Waals surface area contributed by atoms with Crippen molar-refractivity contribution in [1.82, 2.24) is 5.32 Å². The molecule has 0 bridgehead atoms. The molecule has 0 saturated heterocycles. The van der Waals surface area contributed by atoms with Gasteiger partial charge in [0, 0.05) is 18.8 Å². The first-order valence-corrected chi connectivity index (χ1v) is 7.64. The van der Waals surface area contributed by atoms with Crippen molar-refractivity contribution >= 4 is 16.5 Å². The first-order valence-electron chi connectivity index (χ1n) is 7.64. The second-order valence-electron chi connectivity index (χ2n) is 6.52. The van der Waals surface area contributed by atoms with Crippen LogP contribution < -0.4 is 11.1 Å². The lowest BCUT2D eigenvalue weighted by Gasteiger charge is -2.24. The summed E-state index contributed by atoms with van der Waals surface area (Å²) in [5.41, 5.74) is 8.77. The van der Waals surface area contributed by atoms with Crippen molar-refractivity contribution in [3.05, 3.63) is 42.0 Å². The molecule has 1 fully saturated rings. The third-order valence-electron chi connectivity index (χ3n) is 4.69. The number of anilines is 1. The van der Waals surface area contributed by atoms with Crippen LogP contribution in [-0.4, -0.2) is 6.54 Å². The fourth-order valence-corrected chi connectivity index (χ4v) is 3.36. The summed E-state index contributed by atoms with van der Waals surface area (Å²) in [4.78, 5) is 0. The van der Waals surface area contributed by atoms with Gasteiger partial charge in [-0.2, -0.15) is 0 Å². The average Bonchev–Trinajstić information content (AvgIpc) is 2.86. The summed E-state index contributed by atoms with van der Waals surface area (Å²) in [5.74, 6) is 0. The summed E-state index contributed by atoms with van der Waals surface area (Å²) >= 11 is 0. The van der Waals surface area contributed by atoms with Gasteiger partial charge in [-0.3, -0.25) is 0 Å². The minimum atomic E-state index is 0.492. The molecule has 0 heterocycles. The van der Waals surface area contributed by atoms with Crippen LogP contribution in [-0.2, 0) is 6.54 Å². The molecule has 2 aromatic carbocycles. The van der Waals surface area contributed by atoms with Gasteiger partial charge in [0.1, 0.15) is 0 Å². The molecule has 2 nitrogen and oxygen atoms in total. The highest BCUT2D eigenvalue weighted by molar-refractivity contribution is 5.86. The second-order valence-corrected chi connectivity index (χ2v) is 6.52. The number of hydrogen-bond acceptors (Lipinski definition) is 2. The Kier molecular flexibility index (Phi) is 3.66.